The van der Waals surface area contributed by atoms with Gasteiger partial charge in [0.2, 0.25) is 0 Å². The highest BCUT2D eigenvalue weighted by Crippen LogP contribution is 2.10. The zero-order chi connectivity index (χ0) is 13.1. The normalized spacial score (nSPS) is 13.8. The Morgan fingerprint density at radius 1 is 1.59 bits per heavy atom. The number of carboxylic acids is 1. The predicted octanol–water partition coefficient (Wildman–Crippen LogP) is 0.795. The van der Waals surface area contributed by atoms with Gasteiger partial charge in [-0.15, -0.1) is 0 Å². The van der Waals surface area contributed by atoms with Gasteiger partial charge in [0.05, 0.1) is 11.9 Å². The van der Waals surface area contributed by atoms with Crippen LogP contribution in [0.15, 0.2) is 12.4 Å². The molecule has 0 fully saturated rings. The van der Waals surface area contributed by atoms with Crippen LogP contribution in [0.5, 0.6) is 0 Å². The maximum atomic E-state index is 11.6. The van der Waals surface area contributed by atoms with E-state index in [4.69, 9.17) is 5.11 Å². The van der Waals surface area contributed by atoms with Gasteiger partial charge in [-0.3, -0.25) is 4.68 Å². The Morgan fingerprint density at radius 2 is 2.24 bits per heavy atom. The number of hydrogen-bond acceptors (Lipinski definition) is 3. The van der Waals surface area contributed by atoms with E-state index in [0.29, 0.717) is 12.1 Å². The minimum Gasteiger partial charge on any atom is -0.480 e. The van der Waals surface area contributed by atoms with Crippen molar-refractivity contribution in [3.05, 3.63) is 12.4 Å². The standard InChI is InChI=1S/C10H16N4O3/c1-4-10(2,8(15)16)13-9(17)12-7-5-11-14(3)6-7/h5-6H,4H2,1-3H3,(H,15,16)(H2,12,13,17). The number of carbonyl (C=O) groups excluding carboxylic acids is 1. The summed E-state index contributed by atoms with van der Waals surface area (Å²) < 4.78 is 1.53. The molecule has 0 aromatic carbocycles. The Balaban J connectivity index is 2.63. The number of amides is 2. The number of anilines is 1. The molecule has 7 nitrogen and oxygen atoms in total. The fourth-order valence-electron chi connectivity index (χ4n) is 1.19. The number of aliphatic carboxylic acids is 1. The summed E-state index contributed by atoms with van der Waals surface area (Å²) in [5.74, 6) is -1.07. The summed E-state index contributed by atoms with van der Waals surface area (Å²) in [5.41, 5.74) is -0.763. The average Bonchev–Trinajstić information content (AvgIpc) is 2.63. The minimum absolute atomic E-state index is 0.294. The van der Waals surface area contributed by atoms with Crippen molar-refractivity contribution in [2.75, 3.05) is 5.32 Å². The molecular weight excluding hydrogens is 224 g/mol. The summed E-state index contributed by atoms with van der Waals surface area (Å²) in [6, 6.07) is -0.565. The first-order valence-electron chi connectivity index (χ1n) is 5.18. The van der Waals surface area contributed by atoms with Crippen LogP contribution < -0.4 is 10.6 Å². The van der Waals surface area contributed by atoms with E-state index in [1.54, 1.807) is 20.2 Å². The molecule has 1 unspecified atom stereocenters. The van der Waals surface area contributed by atoms with E-state index in [9.17, 15) is 9.59 Å². The minimum atomic E-state index is -1.27. The lowest BCUT2D eigenvalue weighted by molar-refractivity contribution is -0.143. The molecule has 0 saturated heterocycles. The van der Waals surface area contributed by atoms with Crippen LogP contribution in [0.1, 0.15) is 20.3 Å². The van der Waals surface area contributed by atoms with Gasteiger partial charge in [-0.05, 0) is 13.3 Å². The third-order valence-electron chi connectivity index (χ3n) is 2.53. The molecule has 0 aliphatic rings. The molecule has 7 heteroatoms. The Morgan fingerprint density at radius 3 is 2.65 bits per heavy atom. The molecule has 0 bridgehead atoms. The Bertz CT molecular complexity index is 429. The second-order valence-electron chi connectivity index (χ2n) is 3.97. The molecule has 0 saturated carbocycles. The fraction of sp³-hybridized carbons (Fsp3) is 0.500. The third kappa shape index (κ3) is 3.20. The number of rotatable bonds is 4. The third-order valence-corrected chi connectivity index (χ3v) is 2.53. The van der Waals surface area contributed by atoms with Gasteiger partial charge in [0.15, 0.2) is 0 Å². The molecule has 0 aliphatic carbocycles. The lowest BCUT2D eigenvalue weighted by Gasteiger charge is -2.24. The zero-order valence-corrected chi connectivity index (χ0v) is 10.0. The van der Waals surface area contributed by atoms with Crippen molar-refractivity contribution in [2.45, 2.75) is 25.8 Å². The van der Waals surface area contributed by atoms with Crippen molar-refractivity contribution in [1.29, 1.82) is 0 Å². The molecule has 0 aliphatic heterocycles. The number of hydrogen-bond donors (Lipinski definition) is 3. The molecule has 1 atom stereocenters. The molecule has 2 amide bonds. The first-order valence-corrected chi connectivity index (χ1v) is 5.18. The summed E-state index contributed by atoms with van der Waals surface area (Å²) in [5, 5.41) is 17.8. The van der Waals surface area contributed by atoms with Gasteiger partial charge < -0.3 is 15.7 Å². The van der Waals surface area contributed by atoms with E-state index < -0.39 is 17.5 Å². The number of nitrogens with one attached hydrogen (secondary N) is 2. The van der Waals surface area contributed by atoms with Crippen LogP contribution in [0.2, 0.25) is 0 Å². The molecule has 1 rings (SSSR count). The maximum absolute atomic E-state index is 11.6. The topological polar surface area (TPSA) is 96.3 Å². The second kappa shape index (κ2) is 4.86. The first-order chi connectivity index (χ1) is 7.87. The van der Waals surface area contributed by atoms with Crippen LogP contribution in [-0.2, 0) is 11.8 Å². The molecule has 1 aromatic heterocycles. The molecule has 3 N–H and O–H groups in total. The van der Waals surface area contributed by atoms with Gasteiger partial charge >= 0.3 is 12.0 Å². The highest BCUT2D eigenvalue weighted by atomic mass is 16.4. The molecule has 0 radical (unpaired) electrons. The Labute approximate surface area is 98.8 Å². The number of carbonyl (C=O) groups is 2. The van der Waals surface area contributed by atoms with E-state index in [1.807, 2.05) is 0 Å². The van der Waals surface area contributed by atoms with Gasteiger partial charge in [0.1, 0.15) is 5.54 Å². The lowest BCUT2D eigenvalue weighted by Crippen LogP contribution is -2.53. The maximum Gasteiger partial charge on any atom is 0.329 e. The van der Waals surface area contributed by atoms with Crippen LogP contribution in [0.25, 0.3) is 0 Å². The highest BCUT2D eigenvalue weighted by molar-refractivity contribution is 5.93. The van der Waals surface area contributed by atoms with E-state index >= 15 is 0 Å². The molecule has 0 spiro atoms. The zero-order valence-electron chi connectivity index (χ0n) is 10.0. The fourth-order valence-corrected chi connectivity index (χ4v) is 1.19. The van der Waals surface area contributed by atoms with E-state index in [2.05, 4.69) is 15.7 Å². The van der Waals surface area contributed by atoms with Gasteiger partial charge in [0.25, 0.3) is 0 Å². The van der Waals surface area contributed by atoms with E-state index in [0.717, 1.165) is 0 Å². The summed E-state index contributed by atoms with van der Waals surface area (Å²) in [7, 11) is 1.72. The van der Waals surface area contributed by atoms with Crippen molar-refractivity contribution in [3.8, 4) is 0 Å². The summed E-state index contributed by atoms with van der Waals surface area (Å²) in [6.07, 6.45) is 3.38. The van der Waals surface area contributed by atoms with Crippen molar-refractivity contribution < 1.29 is 14.7 Å². The SMILES string of the molecule is CCC(C)(NC(=O)Nc1cnn(C)c1)C(=O)O. The average molecular weight is 240 g/mol. The van der Waals surface area contributed by atoms with Gasteiger partial charge in [-0.1, -0.05) is 6.92 Å². The highest BCUT2D eigenvalue weighted by Gasteiger charge is 2.32. The second-order valence-corrected chi connectivity index (χ2v) is 3.97. The van der Waals surface area contributed by atoms with Crippen molar-refractivity contribution in [1.82, 2.24) is 15.1 Å². The molecule has 1 aromatic rings. The van der Waals surface area contributed by atoms with Crippen LogP contribution in [-0.4, -0.2) is 32.4 Å². The van der Waals surface area contributed by atoms with Crippen molar-refractivity contribution >= 4 is 17.7 Å². The van der Waals surface area contributed by atoms with E-state index in [-0.39, 0.29) is 0 Å². The van der Waals surface area contributed by atoms with Crippen LogP contribution in [0.3, 0.4) is 0 Å². The van der Waals surface area contributed by atoms with Gasteiger partial charge in [-0.25, -0.2) is 9.59 Å². The number of nitrogens with zero attached hydrogens (tertiary/aromatic N) is 2. The van der Waals surface area contributed by atoms with Gasteiger partial charge in [-0.2, -0.15) is 5.10 Å². The molecule has 1 heterocycles. The van der Waals surface area contributed by atoms with Crippen LogP contribution in [0, 0.1) is 0 Å². The number of urea groups is 1. The Kier molecular flexibility index (Phi) is 3.72. The van der Waals surface area contributed by atoms with Crippen molar-refractivity contribution in [3.63, 3.8) is 0 Å². The number of carboxylic acid groups (broad SMARTS) is 1. The quantitative estimate of drug-likeness (QED) is 0.725. The smallest absolute Gasteiger partial charge is 0.329 e. The monoisotopic (exact) mass is 240 g/mol. The largest absolute Gasteiger partial charge is 0.480 e. The van der Waals surface area contributed by atoms with Gasteiger partial charge in [0, 0.05) is 13.2 Å². The molecule has 94 valence electrons. The van der Waals surface area contributed by atoms with Crippen molar-refractivity contribution in [2.24, 2.45) is 7.05 Å². The molecule has 17 heavy (non-hydrogen) atoms. The Hall–Kier alpha value is -2.05. The number of aryl methyl sites for hydroxylation is 1. The van der Waals surface area contributed by atoms with Crippen LogP contribution in [0.4, 0.5) is 10.5 Å². The number of aromatic nitrogens is 2. The summed E-state index contributed by atoms with van der Waals surface area (Å²) in [4.78, 5) is 22.6. The lowest BCUT2D eigenvalue weighted by atomic mass is 10.00. The van der Waals surface area contributed by atoms with Crippen LogP contribution >= 0.6 is 0 Å². The van der Waals surface area contributed by atoms with E-state index in [1.165, 1.54) is 17.8 Å². The summed E-state index contributed by atoms with van der Waals surface area (Å²) >= 11 is 0. The molecular formula is C10H16N4O3. The summed E-state index contributed by atoms with van der Waals surface area (Å²) in [6.45, 7) is 3.15. The first kappa shape index (κ1) is 13.0. The predicted molar refractivity (Wildman–Crippen MR) is 61.7 cm³/mol.